The molecule has 8 rings (SSSR count). The molecule has 4 aliphatic heterocycles. The Kier molecular flexibility index (Phi) is 7.40. The molecule has 0 radical (unpaired) electrons. The molecule has 6 N–H and O–H groups in total. The summed E-state index contributed by atoms with van der Waals surface area (Å²) in [6.45, 7) is -9.33. The molecular weight excluding hydrogens is 693 g/mol. The number of halogens is 1. The fourth-order valence-electron chi connectivity index (χ4n) is 6.17. The maximum Gasteiger partial charge on any atom is 0.386 e. The van der Waals surface area contributed by atoms with Crippen molar-refractivity contribution in [3.05, 3.63) is 25.3 Å². The third-order valence-corrected chi connectivity index (χ3v) is 11.5. The lowest BCUT2D eigenvalue weighted by Gasteiger charge is -2.39. The number of ether oxygens (including phenoxy) is 3. The molecule has 4 aromatic rings. The van der Waals surface area contributed by atoms with Gasteiger partial charge in [0.05, 0.1) is 26.1 Å². The van der Waals surface area contributed by atoms with Crippen LogP contribution in [0.25, 0.3) is 22.3 Å². The highest BCUT2D eigenvalue weighted by Crippen LogP contribution is 2.60. The SMILES string of the molecule is Nc1ncnc2c1ncn2C1OC2COP(O)(=S)OC3C4OCCC3(COP(=O)(S)OC1C2F)OC4[n+]1c[nH]c2c(N)ncnc21. The summed E-state index contributed by atoms with van der Waals surface area (Å²) in [4.78, 5) is 34.8. The van der Waals surface area contributed by atoms with Gasteiger partial charge in [0.2, 0.25) is 11.7 Å². The predicted molar refractivity (Wildman–Crippen MR) is 159 cm³/mol. The molecule has 4 fully saturated rings. The number of hydrogen-bond donors (Lipinski definition) is 5. The number of thiol groups is 1. The molecule has 0 saturated carbocycles. The van der Waals surface area contributed by atoms with Crippen LogP contribution in [0.4, 0.5) is 16.0 Å². The summed E-state index contributed by atoms with van der Waals surface area (Å²) in [5.74, 6) is 0.291. The highest BCUT2D eigenvalue weighted by Gasteiger charge is 2.64. The van der Waals surface area contributed by atoms with Gasteiger partial charge < -0.3 is 35.1 Å². The molecule has 10 atom stereocenters. The van der Waals surface area contributed by atoms with Crippen LogP contribution in [0.2, 0.25) is 0 Å². The Morgan fingerprint density at radius 2 is 1.96 bits per heavy atom. The second-order valence-electron chi connectivity index (χ2n) is 11.0. The largest absolute Gasteiger partial charge is 0.386 e. The maximum absolute atomic E-state index is 16.0. The van der Waals surface area contributed by atoms with Gasteiger partial charge in [-0.1, -0.05) is 17.2 Å². The first-order chi connectivity index (χ1) is 22.0. The number of aromatic amines is 1. The minimum absolute atomic E-state index is 0.0829. The summed E-state index contributed by atoms with van der Waals surface area (Å²) in [6.07, 6.45) is -3.58. The second kappa shape index (κ2) is 11.0. The Hall–Kier alpha value is -2.46. The summed E-state index contributed by atoms with van der Waals surface area (Å²) >= 11 is 9.55. The minimum Gasteiger partial charge on any atom is -0.382 e. The molecule has 4 aromatic heterocycles. The maximum atomic E-state index is 16.0. The number of nitrogens with two attached hydrogens (primary N) is 2. The minimum atomic E-state index is -4.37. The van der Waals surface area contributed by atoms with E-state index in [0.29, 0.717) is 11.2 Å². The zero-order valence-electron chi connectivity index (χ0n) is 23.3. The third-order valence-electron chi connectivity index (χ3n) is 8.31. The summed E-state index contributed by atoms with van der Waals surface area (Å²) in [5.41, 5.74) is 11.8. The summed E-state index contributed by atoms with van der Waals surface area (Å²) in [5, 5.41) is 0. The Morgan fingerprint density at radius 3 is 2.80 bits per heavy atom. The van der Waals surface area contributed by atoms with E-state index >= 15 is 4.39 Å². The van der Waals surface area contributed by atoms with Gasteiger partial charge in [0, 0.05) is 6.42 Å². The van der Waals surface area contributed by atoms with Crippen LogP contribution in [0, 0.1) is 0 Å². The molecule has 246 valence electrons. The van der Waals surface area contributed by atoms with Gasteiger partial charge in [-0.3, -0.25) is 23.1 Å². The fraction of sp³-hybridized carbons (Fsp3) is 0.545. The van der Waals surface area contributed by atoms with E-state index in [0.717, 1.165) is 0 Å². The number of imidazole rings is 2. The van der Waals surface area contributed by atoms with Crippen LogP contribution < -0.4 is 16.0 Å². The van der Waals surface area contributed by atoms with Crippen molar-refractivity contribution < 1.29 is 50.7 Å². The number of fused-ring (bicyclic) bond motifs is 4. The van der Waals surface area contributed by atoms with Crippen molar-refractivity contribution in [1.82, 2.24) is 34.5 Å². The second-order valence-corrected chi connectivity index (χ2v) is 16.7. The smallest absolute Gasteiger partial charge is 0.382 e. The first-order valence-corrected chi connectivity index (χ1v) is 19.1. The predicted octanol–water partition coefficient (Wildman–Crippen LogP) is 0.614. The van der Waals surface area contributed by atoms with Gasteiger partial charge in [0.15, 0.2) is 42.3 Å². The van der Waals surface area contributed by atoms with Gasteiger partial charge in [-0.05, 0) is 11.8 Å². The van der Waals surface area contributed by atoms with Crippen molar-refractivity contribution in [2.24, 2.45) is 0 Å². The molecule has 4 aliphatic rings. The monoisotopic (exact) mass is 719 g/mol. The average Bonchev–Trinajstić information content (AvgIpc) is 3.74. The highest BCUT2D eigenvalue weighted by atomic mass is 32.7. The molecule has 8 heterocycles. The molecule has 24 heteroatoms. The van der Waals surface area contributed by atoms with Gasteiger partial charge in [0.25, 0.3) is 0 Å². The first kappa shape index (κ1) is 30.8. The van der Waals surface area contributed by atoms with Crippen molar-refractivity contribution in [2.75, 3.05) is 31.3 Å². The lowest BCUT2D eigenvalue weighted by Crippen LogP contribution is -2.53. The zero-order valence-corrected chi connectivity index (χ0v) is 26.8. The van der Waals surface area contributed by atoms with Crippen molar-refractivity contribution in [3.8, 4) is 0 Å². The van der Waals surface area contributed by atoms with Crippen LogP contribution in [0.3, 0.4) is 0 Å². The molecule has 0 amide bonds. The van der Waals surface area contributed by atoms with Crippen molar-refractivity contribution >= 4 is 71.5 Å². The molecule has 0 aliphatic carbocycles. The molecular formula is C22H26FN10O9P2S2+. The Morgan fingerprint density at radius 1 is 1.15 bits per heavy atom. The van der Waals surface area contributed by atoms with E-state index in [9.17, 15) is 9.46 Å². The first-order valence-electron chi connectivity index (χ1n) is 13.8. The molecule has 0 spiro atoms. The molecule has 0 aromatic carbocycles. The Labute approximate surface area is 268 Å². The van der Waals surface area contributed by atoms with Gasteiger partial charge in [-0.2, -0.15) is 4.98 Å². The normalized spacial score (nSPS) is 39.9. The standard InChI is InChI=1S/C22H25FN10O9P2S2/c23-10-9-3-37-43(34,45)42-15-14-21(33-8-31-12-17(25)27-6-29-19(12)33)40-22(15,1-2-36-14)4-38-44(35,46)41-13(10)20(39-9)32-7-30-11-16(24)26-5-28-18(11)32/h5-10,13-15,20-21H,1-4H2,(H6,24,25,26,27,28,29,34,35,45,46)/p+1. The number of aromatic nitrogens is 8. The van der Waals surface area contributed by atoms with Crippen molar-refractivity contribution in [1.29, 1.82) is 0 Å². The topological polar surface area (TPSA) is 243 Å². The van der Waals surface area contributed by atoms with Gasteiger partial charge >= 0.3 is 19.2 Å². The summed E-state index contributed by atoms with van der Waals surface area (Å²) in [7, 11) is 0. The van der Waals surface area contributed by atoms with E-state index in [4.69, 9.17) is 55.6 Å². The Balaban J connectivity index is 1.15. The number of alkyl halides is 1. The van der Waals surface area contributed by atoms with Crippen LogP contribution in [0.15, 0.2) is 25.3 Å². The number of H-pyrrole nitrogens is 1. The van der Waals surface area contributed by atoms with Crippen molar-refractivity contribution in [2.45, 2.75) is 55.1 Å². The van der Waals surface area contributed by atoms with Gasteiger partial charge in [0.1, 0.15) is 41.9 Å². The lowest BCUT2D eigenvalue weighted by atomic mass is 9.90. The molecule has 10 unspecified atom stereocenters. The summed E-state index contributed by atoms with van der Waals surface area (Å²) in [6, 6.07) is 0. The molecule has 19 nitrogen and oxygen atoms in total. The molecule has 4 bridgehead atoms. The number of hydrogen-bond acceptors (Lipinski definition) is 16. The van der Waals surface area contributed by atoms with Crippen LogP contribution in [-0.4, -0.2) is 95.4 Å². The zero-order chi connectivity index (χ0) is 32.0. The quantitative estimate of drug-likeness (QED) is 0.108. The number of nitrogens with one attached hydrogen (secondary N) is 1. The fourth-order valence-corrected chi connectivity index (χ4v) is 9.10. The third kappa shape index (κ3) is 5.03. The number of anilines is 2. The van der Waals surface area contributed by atoms with Crippen LogP contribution in [0.1, 0.15) is 18.9 Å². The van der Waals surface area contributed by atoms with Crippen molar-refractivity contribution in [3.63, 3.8) is 0 Å². The van der Waals surface area contributed by atoms with E-state index in [1.807, 2.05) is 0 Å². The number of nitrogens with zero attached hydrogens (tertiary/aromatic N) is 7. The lowest BCUT2D eigenvalue weighted by molar-refractivity contribution is -0.746. The van der Waals surface area contributed by atoms with E-state index in [1.165, 1.54) is 23.5 Å². The van der Waals surface area contributed by atoms with E-state index < -0.39 is 75.4 Å². The molecule has 4 saturated heterocycles. The summed E-state index contributed by atoms with van der Waals surface area (Å²) < 4.78 is 74.5. The Bertz CT molecular complexity index is 1940. The highest BCUT2D eigenvalue weighted by molar-refractivity contribution is 8.44. The van der Waals surface area contributed by atoms with E-state index in [-0.39, 0.29) is 35.8 Å². The number of nitrogen functional groups attached to an aromatic ring is 2. The van der Waals surface area contributed by atoms with Gasteiger partial charge in [-0.25, -0.2) is 28.5 Å². The van der Waals surface area contributed by atoms with E-state index in [2.05, 4.69) is 42.2 Å². The van der Waals surface area contributed by atoms with Crippen LogP contribution in [0.5, 0.6) is 0 Å². The average molecular weight is 720 g/mol. The van der Waals surface area contributed by atoms with Crippen LogP contribution in [-0.2, 0) is 48.7 Å². The van der Waals surface area contributed by atoms with E-state index in [1.54, 1.807) is 10.9 Å². The molecule has 46 heavy (non-hydrogen) atoms. The number of rotatable bonds is 2. The van der Waals surface area contributed by atoms with Crippen LogP contribution >= 0.6 is 25.8 Å². The van der Waals surface area contributed by atoms with Gasteiger partial charge in [-0.15, -0.1) is 0 Å².